The molecule has 4 rings (SSSR count). The summed E-state index contributed by atoms with van der Waals surface area (Å²) in [4.78, 5) is 25.4. The lowest BCUT2D eigenvalue weighted by atomic mass is 10.2. The molecule has 0 saturated carbocycles. The molecule has 1 fully saturated rings. The zero-order valence-corrected chi connectivity index (χ0v) is 12.6. The number of carbonyl (C=O) groups excluding carboxylic acids is 1. The van der Waals surface area contributed by atoms with Gasteiger partial charge in [0.1, 0.15) is 6.10 Å². The molecule has 1 unspecified atom stereocenters. The van der Waals surface area contributed by atoms with Gasteiger partial charge in [0.25, 0.3) is 0 Å². The third kappa shape index (κ3) is 2.26. The second kappa shape index (κ2) is 5.54. The van der Waals surface area contributed by atoms with Crippen molar-refractivity contribution < 1.29 is 19.1 Å². The van der Waals surface area contributed by atoms with Gasteiger partial charge in [-0.1, -0.05) is 12.1 Å². The molecular weight excluding hydrogens is 312 g/mol. The lowest BCUT2D eigenvalue weighted by Gasteiger charge is -2.13. The summed E-state index contributed by atoms with van der Waals surface area (Å²) in [5.41, 5.74) is 2.47. The fourth-order valence-corrected chi connectivity index (χ4v) is 2.82. The minimum atomic E-state index is -0.516. The summed E-state index contributed by atoms with van der Waals surface area (Å²) in [5.74, 6) is -0.468. The van der Waals surface area contributed by atoms with E-state index >= 15 is 0 Å². The van der Waals surface area contributed by atoms with E-state index in [0.717, 1.165) is 0 Å². The Morgan fingerprint density at radius 2 is 1.75 bits per heavy atom. The average molecular weight is 326 g/mol. The number of aliphatic hydroxyl groups excluding tert-OH is 1. The number of oxazole rings is 1. The molecule has 1 amide bonds. The number of fused-ring (bicyclic) bond motifs is 1. The number of anilines is 1. The molecule has 0 bridgehead atoms. The van der Waals surface area contributed by atoms with Gasteiger partial charge in [0, 0.05) is 5.69 Å². The summed E-state index contributed by atoms with van der Waals surface area (Å²) in [7, 11) is 0. The van der Waals surface area contributed by atoms with E-state index in [9.17, 15) is 9.59 Å². The molecule has 0 spiro atoms. The van der Waals surface area contributed by atoms with Crippen LogP contribution in [0.25, 0.3) is 16.8 Å². The van der Waals surface area contributed by atoms with Crippen molar-refractivity contribution in [3.63, 3.8) is 0 Å². The minimum absolute atomic E-state index is 0.212. The van der Waals surface area contributed by atoms with Gasteiger partial charge in [0.15, 0.2) is 5.58 Å². The van der Waals surface area contributed by atoms with Crippen LogP contribution < -0.4 is 10.7 Å². The maximum Gasteiger partial charge on any atom is 0.424 e. The molecule has 3 aromatic rings. The fourth-order valence-electron chi connectivity index (χ4n) is 2.82. The standard InChI is InChI=1S/C17H14N2O5/c20-10-13-9-18(16(21)23-13)11-5-7-12(8-6-11)19-14-3-1-2-4-15(14)24-17(19)22/h1-8,13,20H,9-10H2. The highest BCUT2D eigenvalue weighted by atomic mass is 16.6. The van der Waals surface area contributed by atoms with Gasteiger partial charge >= 0.3 is 11.8 Å². The normalized spacial score (nSPS) is 17.5. The molecule has 122 valence electrons. The molecule has 2 aromatic carbocycles. The maximum absolute atomic E-state index is 12.1. The number of rotatable bonds is 3. The molecule has 0 radical (unpaired) electrons. The second-order valence-electron chi connectivity index (χ2n) is 5.49. The first-order chi connectivity index (χ1) is 11.7. The first-order valence-corrected chi connectivity index (χ1v) is 7.47. The van der Waals surface area contributed by atoms with Crippen LogP contribution in [0.5, 0.6) is 0 Å². The monoisotopic (exact) mass is 326 g/mol. The Hall–Kier alpha value is -3.06. The van der Waals surface area contributed by atoms with Gasteiger partial charge in [-0.15, -0.1) is 0 Å². The van der Waals surface area contributed by atoms with E-state index in [1.165, 1.54) is 9.47 Å². The number of benzene rings is 2. The fraction of sp³-hybridized carbons (Fsp3) is 0.176. The zero-order valence-electron chi connectivity index (χ0n) is 12.6. The van der Waals surface area contributed by atoms with Gasteiger partial charge in [-0.25, -0.2) is 14.2 Å². The highest BCUT2D eigenvalue weighted by molar-refractivity contribution is 5.89. The van der Waals surface area contributed by atoms with Crippen LogP contribution in [0.4, 0.5) is 10.5 Å². The first-order valence-electron chi connectivity index (χ1n) is 7.47. The predicted octanol–water partition coefficient (Wildman–Crippen LogP) is 1.90. The van der Waals surface area contributed by atoms with Gasteiger partial charge in [0.2, 0.25) is 0 Å². The smallest absolute Gasteiger partial charge is 0.424 e. The van der Waals surface area contributed by atoms with Crippen molar-refractivity contribution in [2.24, 2.45) is 0 Å². The van der Waals surface area contributed by atoms with Crippen molar-refractivity contribution in [3.8, 4) is 5.69 Å². The Bertz CT molecular complexity index is 957. The summed E-state index contributed by atoms with van der Waals surface area (Å²) >= 11 is 0. The summed E-state index contributed by atoms with van der Waals surface area (Å²) < 4.78 is 11.7. The van der Waals surface area contributed by atoms with Crippen LogP contribution in [0.2, 0.25) is 0 Å². The lowest BCUT2D eigenvalue weighted by molar-refractivity contribution is 0.0963. The Morgan fingerprint density at radius 3 is 2.46 bits per heavy atom. The van der Waals surface area contributed by atoms with Crippen molar-refractivity contribution >= 4 is 22.9 Å². The van der Waals surface area contributed by atoms with E-state index < -0.39 is 18.0 Å². The maximum atomic E-state index is 12.1. The third-order valence-corrected chi connectivity index (χ3v) is 3.98. The van der Waals surface area contributed by atoms with Crippen molar-refractivity contribution in [1.29, 1.82) is 0 Å². The third-order valence-electron chi connectivity index (χ3n) is 3.98. The number of aromatic nitrogens is 1. The molecule has 1 atom stereocenters. The number of aliphatic hydroxyl groups is 1. The molecule has 1 N–H and O–H groups in total. The van der Waals surface area contributed by atoms with Gasteiger partial charge in [0.05, 0.1) is 24.4 Å². The van der Waals surface area contributed by atoms with Crippen LogP contribution in [-0.2, 0) is 4.74 Å². The first kappa shape index (κ1) is 14.5. The van der Waals surface area contributed by atoms with Gasteiger partial charge < -0.3 is 14.3 Å². The molecule has 0 aliphatic carbocycles. The second-order valence-corrected chi connectivity index (χ2v) is 5.49. The molecule has 2 heterocycles. The largest absolute Gasteiger partial charge is 0.441 e. The molecule has 1 saturated heterocycles. The van der Waals surface area contributed by atoms with Crippen LogP contribution in [0, 0.1) is 0 Å². The zero-order chi connectivity index (χ0) is 16.7. The number of para-hydroxylation sites is 2. The molecule has 24 heavy (non-hydrogen) atoms. The van der Waals surface area contributed by atoms with E-state index in [-0.39, 0.29) is 6.61 Å². The number of carbonyl (C=O) groups is 1. The number of cyclic esters (lactones) is 1. The van der Waals surface area contributed by atoms with E-state index in [0.29, 0.717) is 29.0 Å². The van der Waals surface area contributed by atoms with Crippen LogP contribution in [0.15, 0.2) is 57.7 Å². The molecule has 1 aliphatic heterocycles. The molecule has 1 aromatic heterocycles. The van der Waals surface area contributed by atoms with E-state index in [2.05, 4.69) is 0 Å². The molecular formula is C17H14N2O5. The minimum Gasteiger partial charge on any atom is -0.441 e. The highest BCUT2D eigenvalue weighted by Crippen LogP contribution is 2.24. The number of nitrogens with zero attached hydrogens (tertiary/aromatic N) is 2. The van der Waals surface area contributed by atoms with E-state index in [1.54, 1.807) is 42.5 Å². The number of amides is 1. The quantitative estimate of drug-likeness (QED) is 0.794. The van der Waals surface area contributed by atoms with Crippen molar-refractivity contribution in [1.82, 2.24) is 4.57 Å². The highest BCUT2D eigenvalue weighted by Gasteiger charge is 2.31. The number of hydrogen-bond donors (Lipinski definition) is 1. The average Bonchev–Trinajstić information content (AvgIpc) is 3.14. The Morgan fingerprint density at radius 1 is 1.04 bits per heavy atom. The van der Waals surface area contributed by atoms with Crippen LogP contribution in [-0.4, -0.2) is 35.0 Å². The lowest BCUT2D eigenvalue weighted by Crippen LogP contribution is -2.25. The summed E-state index contributed by atoms with van der Waals surface area (Å²) in [6.45, 7) is 0.0833. The Balaban J connectivity index is 1.70. The van der Waals surface area contributed by atoms with Gasteiger partial charge in [-0.2, -0.15) is 0 Å². The van der Waals surface area contributed by atoms with Gasteiger partial charge in [-0.3, -0.25) is 4.90 Å². The predicted molar refractivity (Wildman–Crippen MR) is 86.5 cm³/mol. The summed E-state index contributed by atoms with van der Waals surface area (Å²) in [6, 6.07) is 14.1. The number of hydrogen-bond acceptors (Lipinski definition) is 5. The topological polar surface area (TPSA) is 84.9 Å². The van der Waals surface area contributed by atoms with Crippen molar-refractivity contribution in [2.45, 2.75) is 6.10 Å². The summed E-state index contributed by atoms with van der Waals surface area (Å²) in [5, 5.41) is 9.10. The van der Waals surface area contributed by atoms with Crippen LogP contribution >= 0.6 is 0 Å². The van der Waals surface area contributed by atoms with E-state index in [4.69, 9.17) is 14.3 Å². The molecule has 7 heteroatoms. The van der Waals surface area contributed by atoms with Crippen LogP contribution in [0.3, 0.4) is 0 Å². The summed E-state index contributed by atoms with van der Waals surface area (Å²) in [6.07, 6.45) is -1.01. The van der Waals surface area contributed by atoms with Crippen molar-refractivity contribution in [2.75, 3.05) is 18.1 Å². The SMILES string of the molecule is O=C1OC(CO)CN1c1ccc(-n2c(=O)oc3ccccc32)cc1. The Labute approximate surface area is 136 Å². The molecule has 7 nitrogen and oxygen atoms in total. The van der Waals surface area contributed by atoms with Gasteiger partial charge in [-0.05, 0) is 36.4 Å². The Kier molecular flexibility index (Phi) is 3.35. The van der Waals surface area contributed by atoms with E-state index in [1.807, 2.05) is 6.07 Å². The van der Waals surface area contributed by atoms with Crippen molar-refractivity contribution in [3.05, 3.63) is 59.1 Å². The van der Waals surface area contributed by atoms with Crippen LogP contribution in [0.1, 0.15) is 0 Å². The number of ether oxygens (including phenoxy) is 1. The molecule has 1 aliphatic rings.